The molecule has 0 bridgehead atoms. The third kappa shape index (κ3) is 25.0. The summed E-state index contributed by atoms with van der Waals surface area (Å²) >= 11 is 0. The maximum atomic E-state index is 12.5. The summed E-state index contributed by atoms with van der Waals surface area (Å²) in [7, 11) is -4.28. The van der Waals surface area contributed by atoms with Crippen molar-refractivity contribution in [1.82, 2.24) is 0 Å². The number of unbranched alkanes of at least 4 members (excludes halogenated alkanes) is 20. The van der Waals surface area contributed by atoms with Crippen LogP contribution in [0, 0.1) is 0 Å². The first-order valence-corrected chi connectivity index (χ1v) is 18.3. The van der Waals surface area contributed by atoms with Gasteiger partial charge < -0.3 is 14.0 Å². The van der Waals surface area contributed by atoms with Gasteiger partial charge in [0.2, 0.25) is 0 Å². The fraction of sp³-hybridized carbons (Fsp3) is 0.765. The van der Waals surface area contributed by atoms with Gasteiger partial charge in [0.1, 0.15) is 0 Å². The zero-order valence-electron chi connectivity index (χ0n) is 27.3. The average molecular weight is 633 g/mol. The van der Waals surface area contributed by atoms with Gasteiger partial charge in [-0.15, -0.1) is 0 Å². The number of ether oxygens (including phenoxy) is 2. The van der Waals surface area contributed by atoms with Crippen LogP contribution in [-0.2, 0) is 19.6 Å². The van der Waals surface area contributed by atoms with Gasteiger partial charge in [-0.3, -0.25) is 0 Å². The van der Waals surface area contributed by atoms with Gasteiger partial charge in [0.05, 0.1) is 34.5 Å². The van der Waals surface area contributed by atoms with E-state index in [0.29, 0.717) is 6.61 Å². The minimum Gasteiger partial charge on any atom is -0.748 e. The van der Waals surface area contributed by atoms with Crippen molar-refractivity contribution in [2.24, 2.45) is 0 Å². The molecule has 0 saturated heterocycles. The zero-order valence-corrected chi connectivity index (χ0v) is 30.1. The van der Waals surface area contributed by atoms with Crippen molar-refractivity contribution < 1.29 is 61.6 Å². The SMILES string of the molecule is CCCCCCCCCCCCCCCCCCCCCCOC(=O)c1ccccc1C(=O)OCCCCS(=O)(=O)[O-].[Na+]. The fourth-order valence-electron chi connectivity index (χ4n) is 5.06. The van der Waals surface area contributed by atoms with Crippen LogP contribution in [0.4, 0.5) is 0 Å². The summed E-state index contributed by atoms with van der Waals surface area (Å²) < 4.78 is 42.4. The van der Waals surface area contributed by atoms with Gasteiger partial charge in [0, 0.05) is 5.75 Å². The Labute approximate surface area is 284 Å². The van der Waals surface area contributed by atoms with E-state index in [2.05, 4.69) is 6.92 Å². The van der Waals surface area contributed by atoms with Gasteiger partial charge in [-0.25, -0.2) is 18.0 Å². The molecule has 0 aliphatic carbocycles. The van der Waals surface area contributed by atoms with Crippen molar-refractivity contribution in [2.75, 3.05) is 19.0 Å². The van der Waals surface area contributed by atoms with Gasteiger partial charge in [-0.05, 0) is 31.4 Å². The predicted octanol–water partition coefficient (Wildman–Crippen LogP) is 6.15. The molecule has 0 aliphatic rings. The second-order valence-corrected chi connectivity index (χ2v) is 13.0. The van der Waals surface area contributed by atoms with E-state index in [0.717, 1.165) is 19.3 Å². The number of carbonyl (C=O) groups excluding carboxylic acids is 2. The van der Waals surface area contributed by atoms with Crippen LogP contribution < -0.4 is 29.6 Å². The van der Waals surface area contributed by atoms with E-state index in [1.165, 1.54) is 121 Å². The van der Waals surface area contributed by atoms with E-state index in [1.807, 2.05) is 0 Å². The maximum Gasteiger partial charge on any atom is 1.00 e. The molecule has 0 fully saturated rings. The largest absolute Gasteiger partial charge is 1.00 e. The molecule has 1 aromatic rings. The van der Waals surface area contributed by atoms with E-state index in [9.17, 15) is 22.6 Å². The van der Waals surface area contributed by atoms with Crippen LogP contribution in [0.25, 0.3) is 0 Å². The molecule has 0 unspecified atom stereocenters. The molecule has 0 amide bonds. The van der Waals surface area contributed by atoms with Crippen LogP contribution in [-0.4, -0.2) is 43.9 Å². The number of carbonyl (C=O) groups is 2. The Morgan fingerprint density at radius 2 is 0.860 bits per heavy atom. The second kappa shape index (κ2) is 28.5. The topological polar surface area (TPSA) is 110 Å². The molecule has 0 atom stereocenters. The Kier molecular flexibility index (Phi) is 27.9. The van der Waals surface area contributed by atoms with E-state index in [1.54, 1.807) is 12.1 Å². The molecule has 0 aliphatic heterocycles. The summed E-state index contributed by atoms with van der Waals surface area (Å²) in [6.45, 7) is 2.55. The molecule has 242 valence electrons. The van der Waals surface area contributed by atoms with Crippen molar-refractivity contribution in [1.29, 1.82) is 0 Å². The molecular weight excluding hydrogens is 575 g/mol. The molecule has 0 heterocycles. The second-order valence-electron chi connectivity index (χ2n) is 11.5. The summed E-state index contributed by atoms with van der Waals surface area (Å²) in [6.07, 6.45) is 26.6. The molecule has 0 saturated carbocycles. The molecule has 0 N–H and O–H groups in total. The Morgan fingerprint density at radius 1 is 0.558 bits per heavy atom. The number of hydrogen-bond donors (Lipinski definition) is 0. The minimum absolute atomic E-state index is 0. The molecule has 0 spiro atoms. The molecule has 0 aromatic heterocycles. The van der Waals surface area contributed by atoms with Crippen molar-refractivity contribution in [3.63, 3.8) is 0 Å². The van der Waals surface area contributed by atoms with Gasteiger partial charge in [-0.1, -0.05) is 141 Å². The Hall–Kier alpha value is -0.930. The van der Waals surface area contributed by atoms with Crippen molar-refractivity contribution in [3.05, 3.63) is 35.4 Å². The van der Waals surface area contributed by atoms with E-state index in [-0.39, 0.29) is 60.1 Å². The molecule has 43 heavy (non-hydrogen) atoms. The molecular formula is C34H57NaO7S. The average Bonchev–Trinajstić information content (AvgIpc) is 2.97. The van der Waals surface area contributed by atoms with Crippen LogP contribution in [0.3, 0.4) is 0 Å². The Morgan fingerprint density at radius 3 is 1.19 bits per heavy atom. The van der Waals surface area contributed by atoms with E-state index < -0.39 is 27.8 Å². The van der Waals surface area contributed by atoms with E-state index >= 15 is 0 Å². The first-order valence-electron chi connectivity index (χ1n) is 16.7. The summed E-state index contributed by atoms with van der Waals surface area (Å²) in [6, 6.07) is 6.32. The Bertz CT molecular complexity index is 936. The predicted molar refractivity (Wildman–Crippen MR) is 169 cm³/mol. The molecule has 0 radical (unpaired) electrons. The van der Waals surface area contributed by atoms with Gasteiger partial charge in [-0.2, -0.15) is 0 Å². The third-order valence-corrected chi connectivity index (χ3v) is 8.41. The first kappa shape index (κ1) is 42.1. The number of benzene rings is 1. The van der Waals surface area contributed by atoms with Crippen molar-refractivity contribution >= 4 is 22.1 Å². The first-order chi connectivity index (χ1) is 20.3. The summed E-state index contributed by atoms with van der Waals surface area (Å²) in [4.78, 5) is 24.9. The third-order valence-electron chi connectivity index (χ3n) is 7.62. The van der Waals surface area contributed by atoms with Crippen LogP contribution >= 0.6 is 0 Å². The smallest absolute Gasteiger partial charge is 0.748 e. The summed E-state index contributed by atoms with van der Waals surface area (Å²) in [5, 5.41) is 0. The zero-order chi connectivity index (χ0) is 30.7. The van der Waals surface area contributed by atoms with Crippen LogP contribution in [0.2, 0.25) is 0 Å². The number of esters is 2. The van der Waals surface area contributed by atoms with Crippen molar-refractivity contribution in [3.8, 4) is 0 Å². The number of hydrogen-bond acceptors (Lipinski definition) is 7. The summed E-state index contributed by atoms with van der Waals surface area (Å²) in [5.74, 6) is -1.73. The van der Waals surface area contributed by atoms with Crippen LogP contribution in [0.15, 0.2) is 24.3 Å². The maximum absolute atomic E-state index is 12.5. The van der Waals surface area contributed by atoms with E-state index in [4.69, 9.17) is 9.47 Å². The monoisotopic (exact) mass is 632 g/mol. The van der Waals surface area contributed by atoms with Crippen LogP contribution in [0.5, 0.6) is 0 Å². The number of rotatable bonds is 28. The summed E-state index contributed by atoms with van der Waals surface area (Å²) in [5.41, 5.74) is 0.264. The van der Waals surface area contributed by atoms with Gasteiger partial charge in [0.15, 0.2) is 0 Å². The Balaban J connectivity index is 0.0000176. The molecule has 9 heteroatoms. The van der Waals surface area contributed by atoms with Gasteiger partial charge in [0.25, 0.3) is 0 Å². The standard InChI is InChI=1S/C34H58O7S.Na/c1-2-3-4-5-6-7-8-9-10-11-12-13-14-15-16-17-18-19-20-23-28-40-33(35)31-26-21-22-27-32(31)34(36)41-29-24-25-30-42(37,38)39;/h21-22,26-27H,2-20,23-25,28-30H2,1H3,(H,37,38,39);/q;+1/p-1. The van der Waals surface area contributed by atoms with Crippen LogP contribution in [0.1, 0.15) is 169 Å². The quantitative estimate of drug-likeness (QED) is 0.0472. The van der Waals surface area contributed by atoms with Crippen molar-refractivity contribution in [2.45, 2.75) is 148 Å². The normalized spacial score (nSPS) is 11.2. The molecule has 1 aromatic carbocycles. The molecule has 1 rings (SSSR count). The molecule has 7 nitrogen and oxygen atoms in total. The fourth-order valence-corrected chi connectivity index (χ4v) is 5.62. The van der Waals surface area contributed by atoms with Gasteiger partial charge >= 0.3 is 41.5 Å². The minimum atomic E-state index is -4.28.